The number of aromatic amines is 1. The third-order valence-electron chi connectivity index (χ3n) is 5.56. The summed E-state index contributed by atoms with van der Waals surface area (Å²) in [4.78, 5) is 30.0. The summed E-state index contributed by atoms with van der Waals surface area (Å²) >= 11 is 0. The van der Waals surface area contributed by atoms with E-state index in [1.54, 1.807) is 14.0 Å². The van der Waals surface area contributed by atoms with Crippen LogP contribution in [-0.4, -0.2) is 42.0 Å². The summed E-state index contributed by atoms with van der Waals surface area (Å²) < 4.78 is 10.4. The molecule has 1 saturated heterocycles. The summed E-state index contributed by atoms with van der Waals surface area (Å²) in [6.45, 7) is 2.91. The summed E-state index contributed by atoms with van der Waals surface area (Å²) in [5, 5.41) is 1.17. The second kappa shape index (κ2) is 6.67. The average Bonchev–Trinajstić information content (AvgIpc) is 3.00. The van der Waals surface area contributed by atoms with Crippen molar-refractivity contribution in [2.45, 2.75) is 38.6 Å². The molecule has 6 heteroatoms. The number of hydrogen-bond acceptors (Lipinski definition) is 4. The fourth-order valence-electron chi connectivity index (χ4n) is 4.39. The Labute approximate surface area is 152 Å². The molecule has 6 nitrogen and oxygen atoms in total. The van der Waals surface area contributed by atoms with E-state index in [1.165, 1.54) is 10.9 Å². The number of esters is 1. The first-order valence-electron chi connectivity index (χ1n) is 9.24. The number of H-pyrrole nitrogens is 1. The van der Waals surface area contributed by atoms with E-state index in [2.05, 4.69) is 11.1 Å². The van der Waals surface area contributed by atoms with Gasteiger partial charge < -0.3 is 19.4 Å². The van der Waals surface area contributed by atoms with Crippen molar-refractivity contribution in [2.24, 2.45) is 5.92 Å². The molecule has 0 aliphatic carbocycles. The number of nitrogens with zero attached hydrogens (tertiary/aromatic N) is 1. The van der Waals surface area contributed by atoms with E-state index in [-0.39, 0.29) is 23.8 Å². The zero-order chi connectivity index (χ0) is 18.3. The number of nitrogens with one attached hydrogen (secondary N) is 1. The predicted molar refractivity (Wildman–Crippen MR) is 97.0 cm³/mol. The summed E-state index contributed by atoms with van der Waals surface area (Å²) in [5.41, 5.74) is 3.45. The maximum atomic E-state index is 12.6. The highest BCUT2D eigenvalue weighted by Gasteiger charge is 2.40. The first-order valence-corrected chi connectivity index (χ1v) is 9.24. The van der Waals surface area contributed by atoms with Crippen LogP contribution in [0, 0.1) is 5.92 Å². The molecule has 4 rings (SSSR count). The lowest BCUT2D eigenvalue weighted by Gasteiger charge is -2.42. The van der Waals surface area contributed by atoms with E-state index >= 15 is 0 Å². The molecule has 1 unspecified atom stereocenters. The van der Waals surface area contributed by atoms with E-state index in [4.69, 9.17) is 9.47 Å². The van der Waals surface area contributed by atoms with Crippen molar-refractivity contribution < 1.29 is 19.1 Å². The van der Waals surface area contributed by atoms with Crippen molar-refractivity contribution in [1.82, 2.24) is 9.88 Å². The smallest absolute Gasteiger partial charge is 0.306 e. The molecule has 138 valence electrons. The molecule has 2 atom stereocenters. The monoisotopic (exact) mass is 356 g/mol. The largest absolute Gasteiger partial charge is 0.497 e. The fraction of sp³-hybridized carbons (Fsp3) is 0.500. The molecular weight excluding hydrogens is 332 g/mol. The van der Waals surface area contributed by atoms with Gasteiger partial charge in [0.25, 0.3) is 0 Å². The van der Waals surface area contributed by atoms with Gasteiger partial charge in [-0.05, 0) is 49.4 Å². The summed E-state index contributed by atoms with van der Waals surface area (Å²) in [7, 11) is 1.67. The van der Waals surface area contributed by atoms with Gasteiger partial charge in [-0.15, -0.1) is 0 Å². The van der Waals surface area contributed by atoms with Crippen molar-refractivity contribution in [2.75, 3.05) is 20.3 Å². The van der Waals surface area contributed by atoms with Crippen molar-refractivity contribution in [3.63, 3.8) is 0 Å². The number of carbonyl (C=O) groups is 2. The molecule has 2 aromatic rings. The van der Waals surface area contributed by atoms with Crippen molar-refractivity contribution in [3.8, 4) is 5.75 Å². The van der Waals surface area contributed by atoms with Crippen LogP contribution in [0.1, 0.15) is 43.5 Å². The van der Waals surface area contributed by atoms with Crippen LogP contribution >= 0.6 is 0 Å². The second-order valence-electron chi connectivity index (χ2n) is 7.10. The average molecular weight is 356 g/mol. The molecular formula is C20H24N2O4. The lowest BCUT2D eigenvalue weighted by Crippen LogP contribution is -2.45. The van der Waals surface area contributed by atoms with E-state index in [1.807, 2.05) is 17.0 Å². The van der Waals surface area contributed by atoms with Gasteiger partial charge >= 0.3 is 5.97 Å². The highest BCUT2D eigenvalue weighted by molar-refractivity contribution is 5.88. The normalized spacial score (nSPS) is 22.1. The number of amides is 1. The van der Waals surface area contributed by atoms with Crippen molar-refractivity contribution in [1.29, 1.82) is 0 Å². The molecule has 1 aromatic carbocycles. The second-order valence-corrected chi connectivity index (χ2v) is 7.10. The zero-order valence-electron chi connectivity index (χ0n) is 15.2. The number of hydrogen-bond donors (Lipinski definition) is 1. The van der Waals surface area contributed by atoms with Gasteiger partial charge in [-0.3, -0.25) is 9.59 Å². The van der Waals surface area contributed by atoms with Crippen molar-refractivity contribution in [3.05, 3.63) is 29.5 Å². The van der Waals surface area contributed by atoms with Gasteiger partial charge in [-0.25, -0.2) is 0 Å². The third-order valence-corrected chi connectivity index (χ3v) is 5.56. The molecule has 2 aliphatic rings. The lowest BCUT2D eigenvalue weighted by molar-refractivity contribution is -0.147. The number of benzene rings is 1. The highest BCUT2D eigenvalue weighted by atomic mass is 16.5. The third kappa shape index (κ3) is 2.83. The Morgan fingerprint density at radius 1 is 1.38 bits per heavy atom. The molecule has 0 spiro atoms. The van der Waals surface area contributed by atoms with Gasteiger partial charge in [-0.1, -0.05) is 0 Å². The molecule has 1 fully saturated rings. The van der Waals surface area contributed by atoms with E-state index in [0.717, 1.165) is 36.3 Å². The predicted octanol–water partition coefficient (Wildman–Crippen LogP) is 2.97. The van der Waals surface area contributed by atoms with Gasteiger partial charge in [-0.2, -0.15) is 0 Å². The number of ether oxygens (including phenoxy) is 2. The van der Waals surface area contributed by atoms with E-state index in [0.29, 0.717) is 19.4 Å². The zero-order valence-corrected chi connectivity index (χ0v) is 15.2. The summed E-state index contributed by atoms with van der Waals surface area (Å²) in [6.07, 6.45) is 2.38. The van der Waals surface area contributed by atoms with Crippen LogP contribution in [0.25, 0.3) is 10.9 Å². The number of piperidine rings is 1. The Morgan fingerprint density at radius 2 is 2.23 bits per heavy atom. The van der Waals surface area contributed by atoms with Crippen LogP contribution in [0.3, 0.4) is 0 Å². The van der Waals surface area contributed by atoms with Crippen LogP contribution in [0.4, 0.5) is 0 Å². The molecule has 0 radical (unpaired) electrons. The Bertz CT molecular complexity index is 857. The molecule has 2 aliphatic heterocycles. The first-order chi connectivity index (χ1) is 12.6. The van der Waals surface area contributed by atoms with E-state index < -0.39 is 0 Å². The molecule has 1 N–H and O–H groups in total. The van der Waals surface area contributed by atoms with E-state index in [9.17, 15) is 9.59 Å². The lowest BCUT2D eigenvalue weighted by atomic mass is 9.83. The standard InChI is InChI=1S/C20H24N2O4/c1-3-26-19(24)10-12-8-17-20-14(6-7-22(17)18(23)9-12)15-11-13(25-2)4-5-16(15)21-20/h4-5,11-12,17,21H,3,6-10H2,1-2H3/t12?,17-/m0/s1. The fourth-order valence-corrected chi connectivity index (χ4v) is 4.39. The first kappa shape index (κ1) is 16.9. The maximum Gasteiger partial charge on any atom is 0.306 e. The molecule has 1 amide bonds. The van der Waals surface area contributed by atoms with Gasteiger partial charge in [0.05, 0.1) is 19.8 Å². The topological polar surface area (TPSA) is 71.6 Å². The quantitative estimate of drug-likeness (QED) is 0.855. The molecule has 1 aromatic heterocycles. The molecule has 26 heavy (non-hydrogen) atoms. The number of rotatable bonds is 4. The summed E-state index contributed by atoms with van der Waals surface area (Å²) in [6, 6.07) is 6.04. The Morgan fingerprint density at radius 3 is 3.00 bits per heavy atom. The van der Waals surface area contributed by atoms with Crippen LogP contribution in [0.15, 0.2) is 18.2 Å². The Balaban J connectivity index is 1.66. The van der Waals surface area contributed by atoms with Gasteiger partial charge in [0.15, 0.2) is 0 Å². The van der Waals surface area contributed by atoms with Crippen LogP contribution in [-0.2, 0) is 20.7 Å². The molecule has 0 bridgehead atoms. The number of aromatic nitrogens is 1. The van der Waals surface area contributed by atoms with Crippen LogP contribution < -0.4 is 4.74 Å². The molecule has 3 heterocycles. The Kier molecular flexibility index (Phi) is 4.34. The SMILES string of the molecule is CCOC(=O)CC1CC(=O)N2CCc3c([nH]c4ccc(OC)cc34)[C@@H]2C1. The number of methoxy groups -OCH3 is 1. The van der Waals surface area contributed by atoms with Gasteiger partial charge in [0.2, 0.25) is 5.91 Å². The summed E-state index contributed by atoms with van der Waals surface area (Å²) in [5.74, 6) is 0.796. The Hall–Kier alpha value is -2.50. The highest BCUT2D eigenvalue weighted by Crippen LogP contribution is 2.43. The minimum absolute atomic E-state index is 0.0119. The van der Waals surface area contributed by atoms with Crippen LogP contribution in [0.2, 0.25) is 0 Å². The van der Waals surface area contributed by atoms with Crippen molar-refractivity contribution >= 4 is 22.8 Å². The van der Waals surface area contributed by atoms with Crippen LogP contribution in [0.5, 0.6) is 5.75 Å². The van der Waals surface area contributed by atoms with Gasteiger partial charge in [0, 0.05) is 36.0 Å². The number of fused-ring (bicyclic) bond motifs is 5. The number of carbonyl (C=O) groups excluding carboxylic acids is 2. The minimum atomic E-state index is -0.212. The maximum absolute atomic E-state index is 12.6. The minimum Gasteiger partial charge on any atom is -0.497 e. The van der Waals surface area contributed by atoms with Gasteiger partial charge in [0.1, 0.15) is 5.75 Å². The molecule has 0 saturated carbocycles.